The zero-order valence-electron chi connectivity index (χ0n) is 12.9. The molecule has 0 saturated heterocycles. The van der Waals surface area contributed by atoms with Crippen LogP contribution in [0.15, 0.2) is 42.5 Å². The summed E-state index contributed by atoms with van der Waals surface area (Å²) in [5, 5.41) is 9.21. The number of ether oxygens (including phenoxy) is 1. The summed E-state index contributed by atoms with van der Waals surface area (Å²) in [6, 6.07) is 11.3. The second kappa shape index (κ2) is 5.72. The minimum atomic E-state index is -1.01. The molecule has 1 N–H and O–H groups in total. The Morgan fingerprint density at radius 3 is 2.30 bits per heavy atom. The number of carboxylic acid groups (broad SMARTS) is 1. The number of carboxylic acids is 1. The average molecular weight is 308 g/mol. The van der Waals surface area contributed by atoms with E-state index in [1.54, 1.807) is 12.1 Å². The van der Waals surface area contributed by atoms with Crippen LogP contribution in [0.4, 0.5) is 0 Å². The number of aryl methyl sites for hydroxylation is 1. The number of carbonyl (C=O) groups is 2. The number of methoxy groups -OCH3 is 1. The van der Waals surface area contributed by atoms with Gasteiger partial charge in [0.2, 0.25) is 0 Å². The normalized spacial score (nSPS) is 13.6. The molecule has 0 unspecified atom stereocenters. The van der Waals surface area contributed by atoms with Crippen LogP contribution in [0.5, 0.6) is 0 Å². The molecule has 0 fully saturated rings. The van der Waals surface area contributed by atoms with E-state index in [0.717, 1.165) is 34.2 Å². The number of aliphatic carboxylic acids is 1. The maximum absolute atomic E-state index is 11.8. The van der Waals surface area contributed by atoms with Crippen LogP contribution in [0, 0.1) is 0 Å². The minimum Gasteiger partial charge on any atom is -0.478 e. The summed E-state index contributed by atoms with van der Waals surface area (Å²) in [5.41, 5.74) is 5.74. The fourth-order valence-corrected chi connectivity index (χ4v) is 2.94. The summed E-state index contributed by atoms with van der Waals surface area (Å²) >= 11 is 0. The lowest BCUT2D eigenvalue weighted by atomic mass is 10.00. The second-order valence-corrected chi connectivity index (χ2v) is 5.38. The molecule has 0 spiro atoms. The van der Waals surface area contributed by atoms with Gasteiger partial charge in [0.15, 0.2) is 0 Å². The highest BCUT2D eigenvalue weighted by Gasteiger charge is 2.25. The fraction of sp³-hybridized carbons (Fsp3) is 0.158. The zero-order valence-corrected chi connectivity index (χ0v) is 12.9. The van der Waals surface area contributed by atoms with Crippen molar-refractivity contribution in [3.05, 3.63) is 64.7 Å². The molecule has 4 nitrogen and oxygen atoms in total. The Balaban J connectivity index is 2.25. The standard InChI is InChI=1S/C19H16O4/c1-3-11-4-6-13-14-7-5-12(19(22)23-2)9-16(14)17(10-18(20)21)15(13)8-11/h4-10H,3H2,1-2H3,(H,20,21)/b17-10+. The average Bonchev–Trinajstić information content (AvgIpc) is 2.86. The number of hydrogen-bond donors (Lipinski definition) is 1. The maximum Gasteiger partial charge on any atom is 0.337 e. The van der Waals surface area contributed by atoms with E-state index < -0.39 is 11.9 Å². The van der Waals surface area contributed by atoms with Gasteiger partial charge in [0, 0.05) is 6.08 Å². The van der Waals surface area contributed by atoms with E-state index in [-0.39, 0.29) is 0 Å². The van der Waals surface area contributed by atoms with Gasteiger partial charge < -0.3 is 9.84 Å². The monoisotopic (exact) mass is 308 g/mol. The van der Waals surface area contributed by atoms with E-state index in [0.29, 0.717) is 11.1 Å². The van der Waals surface area contributed by atoms with Gasteiger partial charge in [-0.15, -0.1) is 0 Å². The van der Waals surface area contributed by atoms with Crippen LogP contribution in [-0.4, -0.2) is 24.2 Å². The van der Waals surface area contributed by atoms with Crippen LogP contribution in [-0.2, 0) is 16.0 Å². The molecule has 0 heterocycles. The third-order valence-corrected chi connectivity index (χ3v) is 4.07. The molecule has 2 aromatic carbocycles. The smallest absolute Gasteiger partial charge is 0.337 e. The predicted octanol–water partition coefficient (Wildman–Crippen LogP) is 3.53. The molecule has 3 rings (SSSR count). The van der Waals surface area contributed by atoms with Crippen LogP contribution < -0.4 is 0 Å². The maximum atomic E-state index is 11.8. The highest BCUT2D eigenvalue weighted by molar-refractivity contribution is 6.08. The fourth-order valence-electron chi connectivity index (χ4n) is 2.94. The van der Waals surface area contributed by atoms with Crippen molar-refractivity contribution in [3.63, 3.8) is 0 Å². The molecule has 0 atom stereocenters. The van der Waals surface area contributed by atoms with E-state index in [4.69, 9.17) is 4.74 Å². The van der Waals surface area contributed by atoms with E-state index in [9.17, 15) is 14.7 Å². The van der Waals surface area contributed by atoms with Gasteiger partial charge in [-0.1, -0.05) is 31.2 Å². The van der Waals surface area contributed by atoms with Gasteiger partial charge in [-0.25, -0.2) is 9.59 Å². The molecule has 0 saturated carbocycles. The summed E-state index contributed by atoms with van der Waals surface area (Å²) in [7, 11) is 1.33. The molecule has 23 heavy (non-hydrogen) atoms. The molecule has 0 bridgehead atoms. The molecular formula is C19H16O4. The van der Waals surface area contributed by atoms with Gasteiger partial charge in [0.1, 0.15) is 0 Å². The predicted molar refractivity (Wildman–Crippen MR) is 87.3 cm³/mol. The van der Waals surface area contributed by atoms with Crippen molar-refractivity contribution in [2.75, 3.05) is 7.11 Å². The van der Waals surface area contributed by atoms with Crippen LogP contribution in [0.1, 0.15) is 34.0 Å². The quantitative estimate of drug-likeness (QED) is 0.594. The van der Waals surface area contributed by atoms with Crippen molar-refractivity contribution in [3.8, 4) is 11.1 Å². The molecular weight excluding hydrogens is 292 g/mol. The third-order valence-electron chi connectivity index (χ3n) is 4.07. The Bertz CT molecular complexity index is 846. The van der Waals surface area contributed by atoms with E-state index in [1.165, 1.54) is 13.2 Å². The van der Waals surface area contributed by atoms with Crippen LogP contribution >= 0.6 is 0 Å². The summed E-state index contributed by atoms with van der Waals surface area (Å²) in [6.07, 6.45) is 2.07. The minimum absolute atomic E-state index is 0.408. The van der Waals surface area contributed by atoms with Crippen molar-refractivity contribution in [2.45, 2.75) is 13.3 Å². The summed E-state index contributed by atoms with van der Waals surface area (Å²) in [5.74, 6) is -1.45. The van der Waals surface area contributed by atoms with Gasteiger partial charge in [-0.3, -0.25) is 0 Å². The largest absolute Gasteiger partial charge is 0.478 e. The number of hydrogen-bond acceptors (Lipinski definition) is 3. The molecule has 0 amide bonds. The van der Waals surface area contributed by atoms with Crippen LogP contribution in [0.25, 0.3) is 16.7 Å². The molecule has 2 aromatic rings. The summed E-state index contributed by atoms with van der Waals surface area (Å²) in [6.45, 7) is 2.06. The van der Waals surface area contributed by atoms with E-state index in [1.807, 2.05) is 24.3 Å². The van der Waals surface area contributed by atoms with Gasteiger partial charge in [0.05, 0.1) is 12.7 Å². The molecule has 1 aliphatic rings. The highest BCUT2D eigenvalue weighted by Crippen LogP contribution is 2.45. The van der Waals surface area contributed by atoms with Crippen LogP contribution in [0.2, 0.25) is 0 Å². The lowest BCUT2D eigenvalue weighted by molar-refractivity contribution is -0.131. The Hall–Kier alpha value is -2.88. The van der Waals surface area contributed by atoms with Gasteiger partial charge in [0.25, 0.3) is 0 Å². The third kappa shape index (κ3) is 2.52. The van der Waals surface area contributed by atoms with E-state index in [2.05, 4.69) is 6.92 Å². The lowest BCUT2D eigenvalue weighted by Crippen LogP contribution is -2.01. The molecule has 0 radical (unpaired) electrons. The second-order valence-electron chi connectivity index (χ2n) is 5.38. The topological polar surface area (TPSA) is 63.6 Å². The Labute approximate surface area is 134 Å². The molecule has 0 aliphatic heterocycles. The van der Waals surface area contributed by atoms with E-state index >= 15 is 0 Å². The first-order valence-corrected chi connectivity index (χ1v) is 7.36. The zero-order chi connectivity index (χ0) is 16.6. The van der Waals surface area contributed by atoms with Gasteiger partial charge in [-0.05, 0) is 51.9 Å². The first kappa shape index (κ1) is 15.0. The number of rotatable bonds is 3. The van der Waals surface area contributed by atoms with Gasteiger partial charge >= 0.3 is 11.9 Å². The Kier molecular flexibility index (Phi) is 3.74. The lowest BCUT2D eigenvalue weighted by Gasteiger charge is -2.05. The van der Waals surface area contributed by atoms with Crippen molar-refractivity contribution in [1.82, 2.24) is 0 Å². The SMILES string of the molecule is CCc1ccc2c(c1)/C(=C\C(=O)O)c1cc(C(=O)OC)ccc1-2. The van der Waals surface area contributed by atoms with Crippen molar-refractivity contribution in [2.24, 2.45) is 0 Å². The molecule has 116 valence electrons. The van der Waals surface area contributed by atoms with Crippen molar-refractivity contribution >= 4 is 17.5 Å². The summed E-state index contributed by atoms with van der Waals surface area (Å²) < 4.78 is 4.75. The number of benzene rings is 2. The number of esters is 1. The molecule has 4 heteroatoms. The Morgan fingerprint density at radius 1 is 1.04 bits per heavy atom. The van der Waals surface area contributed by atoms with Gasteiger partial charge in [-0.2, -0.15) is 0 Å². The summed E-state index contributed by atoms with van der Waals surface area (Å²) in [4.78, 5) is 23.0. The first-order valence-electron chi connectivity index (χ1n) is 7.36. The van der Waals surface area contributed by atoms with Crippen molar-refractivity contribution < 1.29 is 19.4 Å². The number of carbonyl (C=O) groups excluding carboxylic acids is 1. The molecule has 0 aromatic heterocycles. The number of fused-ring (bicyclic) bond motifs is 3. The molecule has 1 aliphatic carbocycles. The highest BCUT2D eigenvalue weighted by atomic mass is 16.5. The first-order chi connectivity index (χ1) is 11.0. The van der Waals surface area contributed by atoms with Crippen molar-refractivity contribution in [1.29, 1.82) is 0 Å². The Morgan fingerprint density at radius 2 is 1.70 bits per heavy atom. The van der Waals surface area contributed by atoms with Crippen LogP contribution in [0.3, 0.4) is 0 Å².